The number of hydrogen-bond acceptors (Lipinski definition) is 2. The minimum atomic E-state index is 0.211. The lowest BCUT2D eigenvalue weighted by molar-refractivity contribution is -0.117. The van der Waals surface area contributed by atoms with E-state index >= 15 is 0 Å². The molecule has 2 heteroatoms. The molecule has 0 aliphatic heterocycles. The Morgan fingerprint density at radius 1 is 1.43 bits per heavy atom. The fourth-order valence-electron chi connectivity index (χ4n) is 1.61. The number of ketones is 1. The molecule has 0 radical (unpaired) electrons. The first kappa shape index (κ1) is 10.8. The van der Waals surface area contributed by atoms with Crippen LogP contribution in [0.15, 0.2) is 24.3 Å². The fourth-order valence-corrected chi connectivity index (χ4v) is 1.61. The summed E-state index contributed by atoms with van der Waals surface area (Å²) in [5.74, 6) is 1.30. The number of benzene rings is 1. The van der Waals surface area contributed by atoms with Gasteiger partial charge in [-0.25, -0.2) is 0 Å². The summed E-state index contributed by atoms with van der Waals surface area (Å²) < 4.78 is 5.24. The topological polar surface area (TPSA) is 26.3 Å². The molecule has 1 aromatic carbocycles. The Morgan fingerprint density at radius 2 is 2.07 bits per heavy atom. The molecule has 1 rings (SSSR count). The highest BCUT2D eigenvalue weighted by Gasteiger charge is 2.12. The van der Waals surface area contributed by atoms with Crippen molar-refractivity contribution in [3.05, 3.63) is 29.8 Å². The van der Waals surface area contributed by atoms with Crippen molar-refractivity contribution in [2.75, 3.05) is 7.11 Å². The van der Waals surface area contributed by atoms with Gasteiger partial charge in [0.2, 0.25) is 0 Å². The molecule has 0 bridgehead atoms. The van der Waals surface area contributed by atoms with Crippen LogP contribution in [0.1, 0.15) is 31.7 Å². The van der Waals surface area contributed by atoms with E-state index < -0.39 is 0 Å². The van der Waals surface area contributed by atoms with Gasteiger partial charge >= 0.3 is 0 Å². The number of Topliss-reactive ketones (excluding diaryl/α,β-unsaturated/α-hetero) is 1. The number of carbonyl (C=O) groups excluding carboxylic acids is 1. The van der Waals surface area contributed by atoms with E-state index in [2.05, 4.69) is 0 Å². The van der Waals surface area contributed by atoms with E-state index in [1.54, 1.807) is 14.0 Å². The highest BCUT2D eigenvalue weighted by molar-refractivity contribution is 5.76. The summed E-state index contributed by atoms with van der Waals surface area (Å²) >= 11 is 0. The number of methoxy groups -OCH3 is 1. The molecule has 0 unspecified atom stereocenters. The lowest BCUT2D eigenvalue weighted by atomic mass is 9.95. The molecule has 0 aromatic heterocycles. The van der Waals surface area contributed by atoms with Gasteiger partial charge in [-0.3, -0.25) is 0 Å². The van der Waals surface area contributed by atoms with Gasteiger partial charge in [-0.2, -0.15) is 0 Å². The molecule has 14 heavy (non-hydrogen) atoms. The minimum Gasteiger partial charge on any atom is -0.496 e. The van der Waals surface area contributed by atoms with Crippen LogP contribution in [0.5, 0.6) is 5.75 Å². The summed E-state index contributed by atoms with van der Waals surface area (Å²) in [5, 5.41) is 0. The molecule has 0 aliphatic rings. The highest BCUT2D eigenvalue weighted by atomic mass is 16.5. The quantitative estimate of drug-likeness (QED) is 0.733. The zero-order valence-corrected chi connectivity index (χ0v) is 8.91. The van der Waals surface area contributed by atoms with Crippen LogP contribution in [0.2, 0.25) is 0 Å². The lowest BCUT2D eigenvalue weighted by Crippen LogP contribution is -2.02. The molecule has 0 saturated carbocycles. The average molecular weight is 192 g/mol. The van der Waals surface area contributed by atoms with Gasteiger partial charge in [-0.1, -0.05) is 25.1 Å². The van der Waals surface area contributed by atoms with Crippen LogP contribution in [0.4, 0.5) is 0 Å². The van der Waals surface area contributed by atoms with Crippen LogP contribution >= 0.6 is 0 Å². The van der Waals surface area contributed by atoms with Crippen molar-refractivity contribution in [3.8, 4) is 5.75 Å². The molecule has 0 saturated heterocycles. The lowest BCUT2D eigenvalue weighted by Gasteiger charge is -2.13. The van der Waals surface area contributed by atoms with Gasteiger partial charge in [0.25, 0.3) is 0 Å². The van der Waals surface area contributed by atoms with Crippen LogP contribution in [0.25, 0.3) is 0 Å². The third-order valence-electron chi connectivity index (χ3n) is 2.26. The van der Waals surface area contributed by atoms with E-state index in [9.17, 15) is 4.79 Å². The summed E-state index contributed by atoms with van der Waals surface area (Å²) in [5.41, 5.74) is 1.10. The first-order valence-corrected chi connectivity index (χ1v) is 4.77. The van der Waals surface area contributed by atoms with E-state index in [0.717, 1.165) is 11.3 Å². The number of para-hydroxylation sites is 1. The second kappa shape index (κ2) is 4.80. The van der Waals surface area contributed by atoms with Gasteiger partial charge in [0, 0.05) is 6.42 Å². The Bertz CT molecular complexity index is 318. The first-order valence-electron chi connectivity index (χ1n) is 4.77. The van der Waals surface area contributed by atoms with Gasteiger partial charge in [0.05, 0.1) is 7.11 Å². The molecule has 0 spiro atoms. The number of carbonyl (C=O) groups is 1. The van der Waals surface area contributed by atoms with Gasteiger partial charge in [0.1, 0.15) is 11.5 Å². The summed E-state index contributed by atoms with van der Waals surface area (Å²) in [4.78, 5) is 11.0. The summed E-state index contributed by atoms with van der Waals surface area (Å²) in [7, 11) is 1.65. The van der Waals surface area contributed by atoms with Gasteiger partial charge in [-0.15, -0.1) is 0 Å². The maximum Gasteiger partial charge on any atom is 0.130 e. The third kappa shape index (κ3) is 2.59. The van der Waals surface area contributed by atoms with E-state index in [1.807, 2.05) is 31.2 Å². The molecule has 1 aromatic rings. The molecule has 2 nitrogen and oxygen atoms in total. The maximum atomic E-state index is 11.0. The van der Waals surface area contributed by atoms with Crippen LogP contribution in [0.3, 0.4) is 0 Å². The smallest absolute Gasteiger partial charge is 0.130 e. The normalized spacial score (nSPS) is 12.2. The predicted octanol–water partition coefficient (Wildman–Crippen LogP) is 2.78. The van der Waals surface area contributed by atoms with Crippen molar-refractivity contribution < 1.29 is 9.53 Å². The van der Waals surface area contributed by atoms with Crippen LogP contribution in [-0.4, -0.2) is 12.9 Å². The second-order valence-electron chi connectivity index (χ2n) is 3.55. The van der Waals surface area contributed by atoms with Gasteiger partial charge in [-0.05, 0) is 24.5 Å². The molecule has 0 heterocycles. The van der Waals surface area contributed by atoms with Crippen LogP contribution in [-0.2, 0) is 4.79 Å². The summed E-state index contributed by atoms with van der Waals surface area (Å²) in [6.07, 6.45) is 0.570. The molecule has 0 N–H and O–H groups in total. The number of rotatable bonds is 4. The molecule has 0 amide bonds. The Balaban J connectivity index is 2.87. The SMILES string of the molecule is COc1ccccc1[C@H](C)CC(C)=O. The second-order valence-corrected chi connectivity index (χ2v) is 3.55. The monoisotopic (exact) mass is 192 g/mol. The zero-order chi connectivity index (χ0) is 10.6. The first-order chi connectivity index (χ1) is 6.65. The van der Waals surface area contributed by atoms with E-state index in [0.29, 0.717) is 6.42 Å². The van der Waals surface area contributed by atoms with Gasteiger partial charge < -0.3 is 9.53 Å². The molecule has 76 valence electrons. The van der Waals surface area contributed by atoms with Crippen molar-refractivity contribution in [2.45, 2.75) is 26.2 Å². The summed E-state index contributed by atoms with van der Waals surface area (Å²) in [6.45, 7) is 3.66. The van der Waals surface area contributed by atoms with Gasteiger partial charge in [0.15, 0.2) is 0 Å². The van der Waals surface area contributed by atoms with Crippen LogP contribution < -0.4 is 4.74 Å². The van der Waals surface area contributed by atoms with Crippen molar-refractivity contribution in [1.29, 1.82) is 0 Å². The van der Waals surface area contributed by atoms with E-state index in [-0.39, 0.29) is 11.7 Å². The Morgan fingerprint density at radius 3 is 2.64 bits per heavy atom. The Kier molecular flexibility index (Phi) is 3.69. The molecule has 1 atom stereocenters. The molecule has 0 fully saturated rings. The van der Waals surface area contributed by atoms with Crippen molar-refractivity contribution >= 4 is 5.78 Å². The minimum absolute atomic E-state index is 0.211. The molecular formula is C12H16O2. The van der Waals surface area contributed by atoms with Crippen molar-refractivity contribution in [1.82, 2.24) is 0 Å². The number of hydrogen-bond donors (Lipinski definition) is 0. The zero-order valence-electron chi connectivity index (χ0n) is 8.91. The standard InChI is InChI=1S/C12H16O2/c1-9(8-10(2)13)11-6-4-5-7-12(11)14-3/h4-7,9H,8H2,1-3H3/t9-/m1/s1. The molecular weight excluding hydrogens is 176 g/mol. The van der Waals surface area contributed by atoms with Crippen molar-refractivity contribution in [2.24, 2.45) is 0 Å². The van der Waals surface area contributed by atoms with E-state index in [1.165, 1.54) is 0 Å². The molecule has 0 aliphatic carbocycles. The summed E-state index contributed by atoms with van der Waals surface area (Å²) in [6, 6.07) is 7.83. The third-order valence-corrected chi connectivity index (χ3v) is 2.26. The van der Waals surface area contributed by atoms with Crippen molar-refractivity contribution in [3.63, 3.8) is 0 Å². The highest BCUT2D eigenvalue weighted by Crippen LogP contribution is 2.28. The Labute approximate surface area is 84.9 Å². The number of ether oxygens (including phenoxy) is 1. The Hall–Kier alpha value is -1.31. The van der Waals surface area contributed by atoms with E-state index in [4.69, 9.17) is 4.74 Å². The largest absolute Gasteiger partial charge is 0.496 e. The maximum absolute atomic E-state index is 11.0. The fraction of sp³-hybridized carbons (Fsp3) is 0.417. The van der Waals surface area contributed by atoms with Crippen LogP contribution in [0, 0.1) is 0 Å². The average Bonchev–Trinajstić information content (AvgIpc) is 2.16. The predicted molar refractivity (Wildman–Crippen MR) is 56.7 cm³/mol.